The first-order valence-electron chi connectivity index (χ1n) is 5.91. The molecule has 2 aliphatic carbocycles. The number of allylic oxidation sites excluding steroid dienone is 4. The molecule has 2 rings (SSSR count). The first-order valence-corrected chi connectivity index (χ1v) is 5.91. The summed E-state index contributed by atoms with van der Waals surface area (Å²) in [7, 11) is 0. The van der Waals surface area contributed by atoms with Crippen LogP contribution in [0.15, 0.2) is 23.3 Å². The highest BCUT2D eigenvalue weighted by Crippen LogP contribution is 2.50. The van der Waals surface area contributed by atoms with Crippen molar-refractivity contribution in [1.29, 1.82) is 0 Å². The fourth-order valence-corrected chi connectivity index (χ4v) is 3.07. The molecule has 2 atom stereocenters. The zero-order valence-electron chi connectivity index (χ0n) is 10.2. The molecule has 0 fully saturated rings. The molecule has 0 radical (unpaired) electrons. The normalized spacial score (nSPS) is 33.9. The molecule has 0 heterocycles. The smallest absolute Gasteiger partial charge is 0.166 e. The summed E-state index contributed by atoms with van der Waals surface area (Å²) in [6, 6.07) is 0. The average molecular weight is 218 g/mol. The number of ketones is 2. The maximum atomic E-state index is 12.2. The van der Waals surface area contributed by atoms with Gasteiger partial charge in [-0.3, -0.25) is 9.59 Å². The maximum Gasteiger partial charge on any atom is 0.166 e. The molecule has 0 aromatic heterocycles. The van der Waals surface area contributed by atoms with Gasteiger partial charge in [-0.25, -0.2) is 0 Å². The summed E-state index contributed by atoms with van der Waals surface area (Å²) < 4.78 is 0. The molecule has 0 aromatic carbocycles. The van der Waals surface area contributed by atoms with Crippen LogP contribution >= 0.6 is 0 Å². The molecule has 0 N–H and O–H groups in total. The lowest BCUT2D eigenvalue weighted by molar-refractivity contribution is -0.123. The van der Waals surface area contributed by atoms with E-state index in [1.165, 1.54) is 0 Å². The van der Waals surface area contributed by atoms with E-state index in [0.29, 0.717) is 17.9 Å². The number of carbonyl (C=O) groups is 2. The minimum atomic E-state index is -0.390. The molecule has 0 bridgehead atoms. The molecule has 0 aliphatic heterocycles. The van der Waals surface area contributed by atoms with Crippen molar-refractivity contribution in [3.05, 3.63) is 23.3 Å². The monoisotopic (exact) mass is 218 g/mol. The highest BCUT2D eigenvalue weighted by atomic mass is 16.1. The minimum Gasteiger partial charge on any atom is -0.295 e. The maximum absolute atomic E-state index is 12.2. The van der Waals surface area contributed by atoms with Gasteiger partial charge in [0.25, 0.3) is 0 Å². The molecule has 2 nitrogen and oxygen atoms in total. The van der Waals surface area contributed by atoms with Crippen LogP contribution in [0.1, 0.15) is 40.0 Å². The van der Waals surface area contributed by atoms with Crippen LogP contribution < -0.4 is 0 Å². The Morgan fingerprint density at radius 2 is 2.19 bits per heavy atom. The van der Waals surface area contributed by atoms with Gasteiger partial charge < -0.3 is 0 Å². The van der Waals surface area contributed by atoms with Gasteiger partial charge in [-0.05, 0) is 50.7 Å². The van der Waals surface area contributed by atoms with Crippen LogP contribution in [0.3, 0.4) is 0 Å². The van der Waals surface area contributed by atoms with E-state index in [2.05, 4.69) is 13.0 Å². The molecule has 0 aromatic rings. The van der Waals surface area contributed by atoms with E-state index in [1.54, 1.807) is 13.0 Å². The van der Waals surface area contributed by atoms with Gasteiger partial charge in [0, 0.05) is 0 Å². The van der Waals surface area contributed by atoms with Gasteiger partial charge in [0.1, 0.15) is 0 Å². The Morgan fingerprint density at radius 1 is 1.50 bits per heavy atom. The third-order valence-corrected chi connectivity index (χ3v) is 4.26. The molecule has 2 heteroatoms. The topological polar surface area (TPSA) is 34.1 Å². The standard InChI is InChI=1S/C14H18O2/c1-9-5-4-6-10(2)14(9)8-12(11(3)15)7-13(14)16/h5,7,10H,4,6,8H2,1-3H3/t10-,14-/m0/s1. The zero-order chi connectivity index (χ0) is 11.9. The molecule has 86 valence electrons. The van der Waals surface area contributed by atoms with Crippen molar-refractivity contribution in [3.63, 3.8) is 0 Å². The van der Waals surface area contributed by atoms with Crippen molar-refractivity contribution in [2.45, 2.75) is 40.0 Å². The van der Waals surface area contributed by atoms with Crippen LogP contribution in [0.4, 0.5) is 0 Å². The lowest BCUT2D eigenvalue weighted by Gasteiger charge is -2.38. The fourth-order valence-electron chi connectivity index (χ4n) is 3.07. The van der Waals surface area contributed by atoms with E-state index in [-0.39, 0.29) is 17.0 Å². The lowest BCUT2D eigenvalue weighted by atomic mass is 9.63. The molecule has 0 saturated heterocycles. The van der Waals surface area contributed by atoms with Gasteiger partial charge >= 0.3 is 0 Å². The summed E-state index contributed by atoms with van der Waals surface area (Å²) in [6.45, 7) is 5.71. The Balaban J connectivity index is 2.42. The SMILES string of the molecule is CC(=O)C1=CC(=O)[C@@]2(C1)C(C)=CCC[C@@H]2C. The van der Waals surface area contributed by atoms with Gasteiger partial charge in [0.05, 0.1) is 5.41 Å². The summed E-state index contributed by atoms with van der Waals surface area (Å²) in [5, 5.41) is 0. The van der Waals surface area contributed by atoms with E-state index >= 15 is 0 Å². The lowest BCUT2D eigenvalue weighted by Crippen LogP contribution is -2.37. The molecule has 1 spiro atoms. The van der Waals surface area contributed by atoms with Crippen molar-refractivity contribution in [2.75, 3.05) is 0 Å². The fraction of sp³-hybridized carbons (Fsp3) is 0.571. The number of rotatable bonds is 1. The van der Waals surface area contributed by atoms with E-state index in [1.807, 2.05) is 6.92 Å². The Kier molecular flexibility index (Phi) is 2.61. The second-order valence-electron chi connectivity index (χ2n) is 5.10. The van der Waals surface area contributed by atoms with Gasteiger partial charge in [0.15, 0.2) is 11.6 Å². The van der Waals surface area contributed by atoms with Gasteiger partial charge in [-0.2, -0.15) is 0 Å². The largest absolute Gasteiger partial charge is 0.295 e. The number of carbonyl (C=O) groups excluding carboxylic acids is 2. The highest BCUT2D eigenvalue weighted by Gasteiger charge is 2.49. The van der Waals surface area contributed by atoms with Crippen LogP contribution in [0, 0.1) is 11.3 Å². The Bertz CT molecular complexity index is 414. The number of Topliss-reactive ketones (excluding diaryl/α,β-unsaturated/α-hetero) is 1. The quantitative estimate of drug-likeness (QED) is 0.634. The number of hydrogen-bond donors (Lipinski definition) is 0. The van der Waals surface area contributed by atoms with Gasteiger partial charge in [0.2, 0.25) is 0 Å². The zero-order valence-corrected chi connectivity index (χ0v) is 10.2. The third kappa shape index (κ3) is 1.40. The predicted molar refractivity (Wildman–Crippen MR) is 63.0 cm³/mol. The summed E-state index contributed by atoms with van der Waals surface area (Å²) in [5.74, 6) is 0.521. The van der Waals surface area contributed by atoms with Crippen LogP contribution in [0.25, 0.3) is 0 Å². The van der Waals surface area contributed by atoms with Crippen LogP contribution in [0.2, 0.25) is 0 Å². The Hall–Kier alpha value is -1.18. The first kappa shape index (κ1) is 11.3. The van der Waals surface area contributed by atoms with E-state index < -0.39 is 0 Å². The van der Waals surface area contributed by atoms with Crippen molar-refractivity contribution >= 4 is 11.6 Å². The van der Waals surface area contributed by atoms with Crippen molar-refractivity contribution < 1.29 is 9.59 Å². The van der Waals surface area contributed by atoms with Crippen molar-refractivity contribution in [1.82, 2.24) is 0 Å². The minimum absolute atomic E-state index is 0.0378. The number of hydrogen-bond acceptors (Lipinski definition) is 2. The average Bonchev–Trinajstić information content (AvgIpc) is 2.55. The first-order chi connectivity index (χ1) is 7.48. The third-order valence-electron chi connectivity index (χ3n) is 4.26. The van der Waals surface area contributed by atoms with Crippen LogP contribution in [-0.2, 0) is 9.59 Å². The molecule has 16 heavy (non-hydrogen) atoms. The summed E-state index contributed by atoms with van der Waals surface area (Å²) in [4.78, 5) is 23.6. The van der Waals surface area contributed by atoms with E-state index in [0.717, 1.165) is 18.4 Å². The highest BCUT2D eigenvalue weighted by molar-refractivity contribution is 6.09. The second kappa shape index (κ2) is 3.69. The Labute approximate surface area is 96.4 Å². The van der Waals surface area contributed by atoms with Gasteiger partial charge in [-0.15, -0.1) is 0 Å². The molecule has 0 saturated carbocycles. The van der Waals surface area contributed by atoms with Crippen molar-refractivity contribution in [2.24, 2.45) is 11.3 Å². The summed E-state index contributed by atoms with van der Waals surface area (Å²) >= 11 is 0. The van der Waals surface area contributed by atoms with Crippen LogP contribution in [-0.4, -0.2) is 11.6 Å². The molecule has 2 aliphatic rings. The summed E-state index contributed by atoms with van der Waals surface area (Å²) in [6.07, 6.45) is 6.44. The molecular weight excluding hydrogens is 200 g/mol. The van der Waals surface area contributed by atoms with E-state index in [4.69, 9.17) is 0 Å². The Morgan fingerprint density at radius 3 is 2.69 bits per heavy atom. The second-order valence-corrected chi connectivity index (χ2v) is 5.10. The molecular formula is C14H18O2. The van der Waals surface area contributed by atoms with Crippen LogP contribution in [0.5, 0.6) is 0 Å². The predicted octanol–water partition coefficient (Wildman–Crippen LogP) is 2.84. The molecule has 0 amide bonds. The van der Waals surface area contributed by atoms with Gasteiger partial charge in [-0.1, -0.05) is 18.6 Å². The van der Waals surface area contributed by atoms with E-state index in [9.17, 15) is 9.59 Å². The molecule has 0 unspecified atom stereocenters. The summed E-state index contributed by atoms with van der Waals surface area (Å²) in [5.41, 5.74) is 1.47. The van der Waals surface area contributed by atoms with Crippen molar-refractivity contribution in [3.8, 4) is 0 Å².